The quantitative estimate of drug-likeness (QED) is 0.760. The maximum atomic E-state index is 5.48. The molecular weight excluding hydrogens is 246 g/mol. The van der Waals surface area contributed by atoms with Gasteiger partial charge in [0.15, 0.2) is 0 Å². The summed E-state index contributed by atoms with van der Waals surface area (Å²) >= 11 is 0. The number of hydrogen-bond donors (Lipinski definition) is 1. The lowest BCUT2D eigenvalue weighted by atomic mass is 9.73. The van der Waals surface area contributed by atoms with Gasteiger partial charge in [-0.2, -0.15) is 0 Å². The molecule has 20 heavy (non-hydrogen) atoms. The molecule has 112 valence electrons. The molecule has 1 aliphatic rings. The second kappa shape index (κ2) is 8.43. The fourth-order valence-corrected chi connectivity index (χ4v) is 3.58. The lowest BCUT2D eigenvalue weighted by Crippen LogP contribution is -2.38. The van der Waals surface area contributed by atoms with Gasteiger partial charge in [0.25, 0.3) is 0 Å². The monoisotopic (exact) mass is 275 g/mol. The summed E-state index contributed by atoms with van der Waals surface area (Å²) in [5, 5.41) is 3.53. The first-order valence-corrected chi connectivity index (χ1v) is 8.15. The Balaban J connectivity index is 1.89. The summed E-state index contributed by atoms with van der Waals surface area (Å²) in [7, 11) is 2.11. The Hall–Kier alpha value is -0.860. The smallest absolute Gasteiger partial charge is 0.0466 e. The van der Waals surface area contributed by atoms with Crippen LogP contribution < -0.4 is 5.32 Å². The summed E-state index contributed by atoms with van der Waals surface area (Å²) in [6, 6.07) is 11.7. The van der Waals surface area contributed by atoms with Crippen molar-refractivity contribution in [1.82, 2.24) is 5.32 Å². The van der Waals surface area contributed by atoms with Crippen molar-refractivity contribution < 1.29 is 4.74 Å². The van der Waals surface area contributed by atoms with Gasteiger partial charge in [-0.05, 0) is 63.5 Å². The van der Waals surface area contributed by atoms with Gasteiger partial charge >= 0.3 is 0 Å². The molecule has 1 saturated carbocycles. The van der Waals surface area contributed by atoms with E-state index in [0.717, 1.165) is 25.0 Å². The van der Waals surface area contributed by atoms with Crippen LogP contribution in [0.3, 0.4) is 0 Å². The van der Waals surface area contributed by atoms with E-state index in [9.17, 15) is 0 Å². The Kier molecular flexibility index (Phi) is 6.55. The highest BCUT2D eigenvalue weighted by molar-refractivity contribution is 5.20. The number of nitrogens with one attached hydrogen (secondary N) is 1. The average Bonchev–Trinajstić information content (AvgIpc) is 2.52. The summed E-state index contributed by atoms with van der Waals surface area (Å²) in [6.45, 7) is 3.83. The van der Waals surface area contributed by atoms with Crippen LogP contribution >= 0.6 is 0 Å². The number of benzene rings is 1. The molecule has 0 radical (unpaired) electrons. The molecule has 0 saturated heterocycles. The minimum atomic E-state index is 0.691. The highest BCUT2D eigenvalue weighted by Crippen LogP contribution is 2.38. The van der Waals surface area contributed by atoms with E-state index >= 15 is 0 Å². The van der Waals surface area contributed by atoms with Crippen molar-refractivity contribution in [2.45, 2.75) is 51.0 Å². The van der Waals surface area contributed by atoms with Crippen molar-refractivity contribution in [3.05, 3.63) is 35.9 Å². The Labute approximate surface area is 123 Å². The minimum absolute atomic E-state index is 0.691. The van der Waals surface area contributed by atoms with E-state index in [1.807, 2.05) is 0 Å². The molecule has 3 unspecified atom stereocenters. The van der Waals surface area contributed by atoms with Gasteiger partial charge < -0.3 is 10.1 Å². The highest BCUT2D eigenvalue weighted by atomic mass is 16.5. The van der Waals surface area contributed by atoms with Crippen LogP contribution in [-0.4, -0.2) is 26.3 Å². The first-order chi connectivity index (χ1) is 9.85. The molecule has 0 heterocycles. The van der Waals surface area contributed by atoms with E-state index in [1.54, 1.807) is 0 Å². The van der Waals surface area contributed by atoms with Crippen LogP contribution in [0.1, 0.15) is 50.5 Å². The van der Waals surface area contributed by atoms with Crippen LogP contribution in [0.4, 0.5) is 0 Å². The molecule has 2 nitrogen and oxygen atoms in total. The zero-order valence-corrected chi connectivity index (χ0v) is 13.0. The topological polar surface area (TPSA) is 21.3 Å². The maximum absolute atomic E-state index is 5.48. The molecule has 2 heteroatoms. The zero-order chi connectivity index (χ0) is 14.2. The number of ether oxygens (including phenoxy) is 1. The number of rotatable bonds is 7. The van der Waals surface area contributed by atoms with Gasteiger partial charge in [0.1, 0.15) is 0 Å². The first-order valence-electron chi connectivity index (χ1n) is 8.15. The third-order valence-corrected chi connectivity index (χ3v) is 4.69. The van der Waals surface area contributed by atoms with Crippen LogP contribution in [0.25, 0.3) is 0 Å². The molecule has 3 atom stereocenters. The average molecular weight is 275 g/mol. The van der Waals surface area contributed by atoms with Crippen LogP contribution in [-0.2, 0) is 4.74 Å². The summed E-state index contributed by atoms with van der Waals surface area (Å²) < 4.78 is 5.48. The minimum Gasteiger partial charge on any atom is -0.382 e. The summed E-state index contributed by atoms with van der Waals surface area (Å²) in [5.41, 5.74) is 1.52. The Morgan fingerprint density at radius 1 is 1.20 bits per heavy atom. The largest absolute Gasteiger partial charge is 0.382 e. The Bertz CT molecular complexity index is 365. The molecule has 0 aliphatic heterocycles. The van der Waals surface area contributed by atoms with Gasteiger partial charge in [0.2, 0.25) is 0 Å². The van der Waals surface area contributed by atoms with Gasteiger partial charge in [-0.15, -0.1) is 0 Å². The van der Waals surface area contributed by atoms with Crippen LogP contribution in [0.15, 0.2) is 30.3 Å². The second-order valence-corrected chi connectivity index (χ2v) is 5.92. The summed E-state index contributed by atoms with van der Waals surface area (Å²) in [5.74, 6) is 1.54. The standard InChI is InChI=1S/C18H29NO/c1-3-20-13-7-10-17-14-16(11-12-18(17)19-2)15-8-5-4-6-9-15/h4-6,8-9,16-19H,3,7,10-14H2,1-2H3. The van der Waals surface area contributed by atoms with E-state index < -0.39 is 0 Å². The van der Waals surface area contributed by atoms with E-state index in [0.29, 0.717) is 6.04 Å². The van der Waals surface area contributed by atoms with Crippen molar-refractivity contribution in [3.63, 3.8) is 0 Å². The van der Waals surface area contributed by atoms with Crippen molar-refractivity contribution in [2.24, 2.45) is 5.92 Å². The van der Waals surface area contributed by atoms with Crippen molar-refractivity contribution in [1.29, 1.82) is 0 Å². The van der Waals surface area contributed by atoms with E-state index in [4.69, 9.17) is 4.74 Å². The first kappa shape index (κ1) is 15.5. The third-order valence-electron chi connectivity index (χ3n) is 4.69. The molecule has 1 N–H and O–H groups in total. The van der Waals surface area contributed by atoms with Crippen molar-refractivity contribution >= 4 is 0 Å². The zero-order valence-electron chi connectivity index (χ0n) is 13.0. The SMILES string of the molecule is CCOCCCC1CC(c2ccccc2)CCC1NC. The molecule has 1 aromatic carbocycles. The van der Waals surface area contributed by atoms with Gasteiger partial charge in [-0.25, -0.2) is 0 Å². The molecule has 0 amide bonds. The lowest BCUT2D eigenvalue weighted by Gasteiger charge is -2.36. The Morgan fingerprint density at radius 3 is 2.70 bits per heavy atom. The maximum Gasteiger partial charge on any atom is 0.0466 e. The molecule has 0 aromatic heterocycles. The molecule has 2 rings (SSSR count). The second-order valence-electron chi connectivity index (χ2n) is 5.92. The van der Waals surface area contributed by atoms with Gasteiger partial charge in [0.05, 0.1) is 0 Å². The van der Waals surface area contributed by atoms with Crippen LogP contribution in [0.2, 0.25) is 0 Å². The molecule has 1 fully saturated rings. The lowest BCUT2D eigenvalue weighted by molar-refractivity contribution is 0.131. The molecule has 0 bridgehead atoms. The Morgan fingerprint density at radius 2 is 2.00 bits per heavy atom. The summed E-state index contributed by atoms with van der Waals surface area (Å²) in [6.07, 6.45) is 6.42. The van der Waals surface area contributed by atoms with Gasteiger partial charge in [-0.1, -0.05) is 30.3 Å². The van der Waals surface area contributed by atoms with Crippen LogP contribution in [0, 0.1) is 5.92 Å². The fraction of sp³-hybridized carbons (Fsp3) is 0.667. The van der Waals surface area contributed by atoms with E-state index in [2.05, 4.69) is 49.6 Å². The normalized spacial score (nSPS) is 26.6. The van der Waals surface area contributed by atoms with Gasteiger partial charge in [-0.3, -0.25) is 0 Å². The fourth-order valence-electron chi connectivity index (χ4n) is 3.58. The van der Waals surface area contributed by atoms with Gasteiger partial charge in [0, 0.05) is 19.3 Å². The van der Waals surface area contributed by atoms with E-state index in [1.165, 1.54) is 37.7 Å². The molecular formula is C18H29NO. The van der Waals surface area contributed by atoms with Crippen molar-refractivity contribution in [2.75, 3.05) is 20.3 Å². The molecule has 1 aliphatic carbocycles. The highest BCUT2D eigenvalue weighted by Gasteiger charge is 2.29. The van der Waals surface area contributed by atoms with E-state index in [-0.39, 0.29) is 0 Å². The predicted molar refractivity (Wildman–Crippen MR) is 85.1 cm³/mol. The summed E-state index contributed by atoms with van der Waals surface area (Å²) in [4.78, 5) is 0. The number of hydrogen-bond acceptors (Lipinski definition) is 2. The predicted octanol–water partition coefficient (Wildman–Crippen LogP) is 3.98. The molecule has 0 spiro atoms. The van der Waals surface area contributed by atoms with Crippen LogP contribution in [0.5, 0.6) is 0 Å². The third kappa shape index (κ3) is 4.32. The van der Waals surface area contributed by atoms with Crippen molar-refractivity contribution in [3.8, 4) is 0 Å². The molecule has 1 aromatic rings.